The first-order valence-electron chi connectivity index (χ1n) is 12.8. The molecule has 2 atom stereocenters. The molecule has 0 radical (unpaired) electrons. The molecule has 0 spiro atoms. The molecule has 0 N–H and O–H groups in total. The lowest BCUT2D eigenvalue weighted by atomic mass is 10.0. The first kappa shape index (κ1) is 28.5. The van der Waals surface area contributed by atoms with Gasteiger partial charge in [0.15, 0.2) is 15.9 Å². The van der Waals surface area contributed by atoms with Crippen molar-refractivity contribution in [3.05, 3.63) is 87.4 Å². The van der Waals surface area contributed by atoms with Crippen molar-refractivity contribution in [3.63, 3.8) is 0 Å². The molecule has 1 aliphatic rings. The van der Waals surface area contributed by atoms with E-state index in [0.29, 0.717) is 22.2 Å². The molecule has 38 heavy (non-hydrogen) atoms. The first-order chi connectivity index (χ1) is 17.9. The van der Waals surface area contributed by atoms with Gasteiger partial charge < -0.3 is 9.64 Å². The summed E-state index contributed by atoms with van der Waals surface area (Å²) in [5, 5.41) is 1.12. The number of aryl methyl sites for hydroxylation is 1. The molecule has 202 valence electrons. The highest BCUT2D eigenvalue weighted by Gasteiger charge is 2.37. The number of nitrogens with zero attached hydrogens (tertiary/aromatic N) is 1. The highest BCUT2D eigenvalue weighted by Crippen LogP contribution is 2.32. The van der Waals surface area contributed by atoms with Crippen LogP contribution in [0.3, 0.4) is 0 Å². The highest BCUT2D eigenvalue weighted by atomic mass is 35.5. The predicted molar refractivity (Wildman–Crippen MR) is 155 cm³/mol. The Bertz CT molecular complexity index is 1420. The maximum Gasteiger partial charge on any atom is 0.263 e. The molecule has 2 unspecified atom stereocenters. The van der Waals surface area contributed by atoms with Crippen LogP contribution in [-0.4, -0.2) is 42.9 Å². The number of halogens is 2. The summed E-state index contributed by atoms with van der Waals surface area (Å²) in [6.07, 6.45) is -0.356. The highest BCUT2D eigenvalue weighted by molar-refractivity contribution is 7.91. The Balaban J connectivity index is 1.58. The molecule has 8 heteroatoms. The first-order valence-corrected chi connectivity index (χ1v) is 15.3. The van der Waals surface area contributed by atoms with E-state index in [0.717, 1.165) is 27.8 Å². The van der Waals surface area contributed by atoms with Crippen LogP contribution in [0.1, 0.15) is 49.8 Å². The second-order valence-corrected chi connectivity index (χ2v) is 13.4. The predicted octanol–water partition coefficient (Wildman–Crippen LogP) is 7.08. The fourth-order valence-corrected chi connectivity index (χ4v) is 7.06. The summed E-state index contributed by atoms with van der Waals surface area (Å²) in [6.45, 7) is 8.17. The number of ether oxygens (including phenoxy) is 1. The third-order valence-electron chi connectivity index (χ3n) is 6.92. The molecule has 0 aliphatic carbocycles. The normalized spacial score (nSPS) is 17.4. The maximum absolute atomic E-state index is 13.8. The largest absolute Gasteiger partial charge is 0.481 e. The Hall–Kier alpha value is -2.54. The zero-order valence-corrected chi connectivity index (χ0v) is 24.4. The molecule has 1 saturated heterocycles. The van der Waals surface area contributed by atoms with E-state index in [1.165, 1.54) is 0 Å². The third-order valence-corrected chi connectivity index (χ3v) is 9.22. The standard InChI is InChI=1S/C30H33Cl2NO4S/c1-19(2)26-11-5-20(3)15-29(26)37-21(4)30(34)33(25-13-14-38(35,36)18-25)17-22-6-8-23(9-7-22)27-12-10-24(31)16-28(27)32/h5-12,15-16,19,21,25H,13-14,17-18H2,1-4H3. The zero-order valence-electron chi connectivity index (χ0n) is 22.1. The molecular weight excluding hydrogens is 541 g/mol. The number of amides is 1. The van der Waals surface area contributed by atoms with E-state index in [1.54, 1.807) is 24.0 Å². The van der Waals surface area contributed by atoms with Gasteiger partial charge >= 0.3 is 0 Å². The van der Waals surface area contributed by atoms with Gasteiger partial charge in [0.2, 0.25) is 0 Å². The van der Waals surface area contributed by atoms with Crippen LogP contribution in [-0.2, 0) is 21.2 Å². The van der Waals surface area contributed by atoms with Crippen molar-refractivity contribution >= 4 is 38.9 Å². The van der Waals surface area contributed by atoms with Crippen LogP contribution in [0.25, 0.3) is 11.1 Å². The number of carbonyl (C=O) groups excluding carboxylic acids is 1. The lowest BCUT2D eigenvalue weighted by Crippen LogP contribution is -2.46. The van der Waals surface area contributed by atoms with Gasteiger partial charge in [0.05, 0.1) is 11.5 Å². The molecule has 3 aromatic carbocycles. The van der Waals surface area contributed by atoms with Crippen LogP contribution in [0.5, 0.6) is 5.75 Å². The van der Waals surface area contributed by atoms with Gasteiger partial charge in [0.25, 0.3) is 5.91 Å². The quantitative estimate of drug-likeness (QED) is 0.289. The van der Waals surface area contributed by atoms with E-state index >= 15 is 0 Å². The van der Waals surface area contributed by atoms with E-state index in [-0.39, 0.29) is 29.9 Å². The van der Waals surface area contributed by atoms with Gasteiger partial charge in [-0.1, -0.05) is 79.5 Å². The van der Waals surface area contributed by atoms with Crippen molar-refractivity contribution in [3.8, 4) is 16.9 Å². The van der Waals surface area contributed by atoms with E-state index in [1.807, 2.05) is 55.5 Å². The lowest BCUT2D eigenvalue weighted by molar-refractivity contribution is -0.140. The van der Waals surface area contributed by atoms with Crippen LogP contribution < -0.4 is 4.74 Å². The molecule has 1 aliphatic heterocycles. The maximum atomic E-state index is 13.8. The van der Waals surface area contributed by atoms with Crippen molar-refractivity contribution in [1.29, 1.82) is 0 Å². The van der Waals surface area contributed by atoms with E-state index in [4.69, 9.17) is 27.9 Å². The number of carbonyl (C=O) groups is 1. The fourth-order valence-electron chi connectivity index (χ4n) is 4.81. The molecule has 1 heterocycles. The molecule has 1 fully saturated rings. The van der Waals surface area contributed by atoms with Gasteiger partial charge in [-0.05, 0) is 66.6 Å². The van der Waals surface area contributed by atoms with Crippen LogP contribution in [0.15, 0.2) is 60.7 Å². The monoisotopic (exact) mass is 573 g/mol. The van der Waals surface area contributed by atoms with E-state index in [9.17, 15) is 13.2 Å². The minimum atomic E-state index is -3.19. The van der Waals surface area contributed by atoms with E-state index < -0.39 is 22.0 Å². The number of rotatable bonds is 8. The minimum absolute atomic E-state index is 0.0361. The Labute approximate surface area is 235 Å². The molecule has 0 saturated carbocycles. The second-order valence-electron chi connectivity index (χ2n) is 10.3. The second kappa shape index (κ2) is 11.7. The molecular formula is C30H33Cl2NO4S. The van der Waals surface area contributed by atoms with Crippen LogP contribution in [0.4, 0.5) is 0 Å². The number of sulfone groups is 1. The number of hydrogen-bond acceptors (Lipinski definition) is 4. The van der Waals surface area contributed by atoms with Gasteiger partial charge in [-0.25, -0.2) is 8.42 Å². The van der Waals surface area contributed by atoms with Crippen molar-refractivity contribution in [2.45, 2.75) is 58.7 Å². The van der Waals surface area contributed by atoms with Crippen molar-refractivity contribution in [2.75, 3.05) is 11.5 Å². The molecule has 3 aromatic rings. The summed E-state index contributed by atoms with van der Waals surface area (Å²) in [5.41, 5.74) is 4.75. The van der Waals surface area contributed by atoms with Gasteiger partial charge in [0.1, 0.15) is 5.75 Å². The third kappa shape index (κ3) is 6.71. The van der Waals surface area contributed by atoms with Crippen LogP contribution >= 0.6 is 23.2 Å². The van der Waals surface area contributed by atoms with Crippen molar-refractivity contribution in [2.24, 2.45) is 0 Å². The summed E-state index contributed by atoms with van der Waals surface area (Å²) >= 11 is 12.4. The van der Waals surface area contributed by atoms with Crippen LogP contribution in [0, 0.1) is 6.92 Å². The molecule has 0 bridgehead atoms. The average molecular weight is 575 g/mol. The molecule has 1 amide bonds. The van der Waals surface area contributed by atoms with Gasteiger partial charge in [0, 0.05) is 28.2 Å². The molecule has 4 rings (SSSR count). The number of benzene rings is 3. The van der Waals surface area contributed by atoms with Crippen molar-refractivity contribution < 1.29 is 17.9 Å². The fraction of sp³-hybridized carbons (Fsp3) is 0.367. The summed E-state index contributed by atoms with van der Waals surface area (Å²) in [6, 6.07) is 18.7. The summed E-state index contributed by atoms with van der Waals surface area (Å²) in [5.74, 6) is 0.736. The van der Waals surface area contributed by atoms with Crippen LogP contribution in [0.2, 0.25) is 10.0 Å². The summed E-state index contributed by atoms with van der Waals surface area (Å²) in [7, 11) is -3.19. The number of hydrogen-bond donors (Lipinski definition) is 0. The Kier molecular flexibility index (Phi) is 8.75. The van der Waals surface area contributed by atoms with Gasteiger partial charge in [-0.3, -0.25) is 4.79 Å². The Morgan fingerprint density at radius 2 is 1.74 bits per heavy atom. The van der Waals surface area contributed by atoms with Gasteiger partial charge in [-0.15, -0.1) is 0 Å². The smallest absolute Gasteiger partial charge is 0.263 e. The minimum Gasteiger partial charge on any atom is -0.481 e. The van der Waals surface area contributed by atoms with E-state index in [2.05, 4.69) is 13.8 Å². The van der Waals surface area contributed by atoms with Gasteiger partial charge in [-0.2, -0.15) is 0 Å². The topological polar surface area (TPSA) is 63.7 Å². The lowest BCUT2D eigenvalue weighted by Gasteiger charge is -2.31. The zero-order chi connectivity index (χ0) is 27.6. The van der Waals surface area contributed by atoms with Crippen molar-refractivity contribution in [1.82, 2.24) is 4.90 Å². The SMILES string of the molecule is Cc1ccc(C(C)C)c(OC(C)C(=O)N(Cc2ccc(-c3ccc(Cl)cc3Cl)cc2)C2CCS(=O)(=O)C2)c1. The molecule has 5 nitrogen and oxygen atoms in total. The summed E-state index contributed by atoms with van der Waals surface area (Å²) < 4.78 is 30.8. The molecule has 0 aromatic heterocycles. The summed E-state index contributed by atoms with van der Waals surface area (Å²) in [4.78, 5) is 15.4. The Morgan fingerprint density at radius 3 is 2.34 bits per heavy atom. The Morgan fingerprint density at radius 1 is 1.03 bits per heavy atom. The average Bonchev–Trinajstić information content (AvgIpc) is 3.21.